The number of hydrogen-bond donors (Lipinski definition) is 1. The van der Waals surface area contributed by atoms with Crippen LogP contribution in [0.4, 0.5) is 14.6 Å². The molecule has 2 aromatic heterocycles. The number of fused-ring (bicyclic) bond motifs is 1. The second kappa shape index (κ2) is 8.83. The summed E-state index contributed by atoms with van der Waals surface area (Å²) in [6.07, 6.45) is 6.71. The van der Waals surface area contributed by atoms with Gasteiger partial charge >= 0.3 is 6.61 Å². The van der Waals surface area contributed by atoms with Gasteiger partial charge in [0.25, 0.3) is 0 Å². The maximum Gasteiger partial charge on any atom is 0.387 e. The number of nitrogens with zero attached hydrogens (tertiary/aromatic N) is 4. The van der Waals surface area contributed by atoms with Gasteiger partial charge in [-0.3, -0.25) is 4.68 Å². The van der Waals surface area contributed by atoms with Gasteiger partial charge in [0.2, 0.25) is 0 Å². The molecular formula is C24H33F2N5O2. The van der Waals surface area contributed by atoms with Crippen LogP contribution in [0, 0.1) is 11.8 Å². The van der Waals surface area contributed by atoms with E-state index in [0.29, 0.717) is 41.2 Å². The number of rotatable bonds is 7. The Morgan fingerprint density at radius 1 is 1.12 bits per heavy atom. The van der Waals surface area contributed by atoms with Crippen molar-refractivity contribution in [1.82, 2.24) is 19.7 Å². The van der Waals surface area contributed by atoms with Crippen molar-refractivity contribution in [3.63, 3.8) is 0 Å². The molecule has 0 amide bonds. The van der Waals surface area contributed by atoms with Crippen LogP contribution >= 0.6 is 0 Å². The van der Waals surface area contributed by atoms with Crippen LogP contribution in [-0.2, 0) is 4.74 Å². The van der Waals surface area contributed by atoms with Gasteiger partial charge in [-0.15, -0.1) is 0 Å². The van der Waals surface area contributed by atoms with Crippen LogP contribution in [0.25, 0.3) is 11.3 Å². The molecule has 7 nitrogen and oxygen atoms in total. The topological polar surface area (TPSA) is 78.4 Å². The lowest BCUT2D eigenvalue weighted by molar-refractivity contribution is -0.0494. The summed E-state index contributed by atoms with van der Waals surface area (Å²) < 4.78 is 37.6. The van der Waals surface area contributed by atoms with Crippen LogP contribution in [-0.4, -0.2) is 58.6 Å². The van der Waals surface area contributed by atoms with Crippen LogP contribution in [0.5, 0.6) is 5.75 Å². The van der Waals surface area contributed by atoms with Crippen LogP contribution in [0.2, 0.25) is 0 Å². The molecule has 3 heterocycles. The molecule has 0 bridgehead atoms. The first-order valence-corrected chi connectivity index (χ1v) is 11.9. The second-order valence-electron chi connectivity index (χ2n) is 9.93. The zero-order valence-electron chi connectivity index (χ0n) is 19.5. The van der Waals surface area contributed by atoms with E-state index in [9.17, 15) is 8.78 Å². The standard InChI is InChI=1S/C24H33F2N5O2/c1-13(2)31-20(11-19(29-31)14-8-21(33-24(25)26)23(27)28-12-14)22-17-9-15(10-18(17)22)30-6-4-16(32-3)5-7-30/h8,11-13,15-18,22,24H,4-7,9-10H2,1-3H3,(H2,27,28)/t15-,17-,18+,22+. The fourth-order valence-electron chi connectivity index (χ4n) is 6.02. The zero-order valence-corrected chi connectivity index (χ0v) is 19.5. The molecule has 5 rings (SSSR count). The molecule has 0 unspecified atom stereocenters. The third kappa shape index (κ3) is 4.33. The normalized spacial score (nSPS) is 28.0. The minimum Gasteiger partial charge on any atom is -0.431 e. The van der Waals surface area contributed by atoms with E-state index >= 15 is 0 Å². The monoisotopic (exact) mass is 461 g/mol. The molecule has 0 aromatic carbocycles. The van der Waals surface area contributed by atoms with Gasteiger partial charge in [-0.2, -0.15) is 13.9 Å². The number of ether oxygens (including phenoxy) is 2. The molecule has 33 heavy (non-hydrogen) atoms. The number of aromatic nitrogens is 3. The van der Waals surface area contributed by atoms with Crippen molar-refractivity contribution < 1.29 is 18.3 Å². The lowest BCUT2D eigenvalue weighted by atomic mass is 9.99. The van der Waals surface area contributed by atoms with Crippen LogP contribution in [0.15, 0.2) is 18.3 Å². The molecule has 0 spiro atoms. The highest BCUT2D eigenvalue weighted by molar-refractivity contribution is 5.64. The number of methoxy groups -OCH3 is 1. The number of alkyl halides is 2. The Kier molecular flexibility index (Phi) is 6.03. The Bertz CT molecular complexity index is 977. The first kappa shape index (κ1) is 22.5. The number of hydrogen-bond acceptors (Lipinski definition) is 6. The molecule has 4 atom stereocenters. The van der Waals surface area contributed by atoms with Crippen molar-refractivity contribution >= 4 is 5.82 Å². The summed E-state index contributed by atoms with van der Waals surface area (Å²) in [6, 6.07) is 4.48. The summed E-state index contributed by atoms with van der Waals surface area (Å²) >= 11 is 0. The van der Waals surface area contributed by atoms with E-state index in [2.05, 4.69) is 39.2 Å². The van der Waals surface area contributed by atoms with Crippen molar-refractivity contribution in [1.29, 1.82) is 0 Å². The maximum absolute atomic E-state index is 12.7. The van der Waals surface area contributed by atoms with E-state index < -0.39 is 6.61 Å². The summed E-state index contributed by atoms with van der Waals surface area (Å²) in [7, 11) is 1.81. The number of nitrogens with two attached hydrogens (primary N) is 1. The van der Waals surface area contributed by atoms with Crippen LogP contribution in [0.3, 0.4) is 0 Å². The van der Waals surface area contributed by atoms with Crippen molar-refractivity contribution in [2.45, 2.75) is 70.2 Å². The molecule has 2 aromatic rings. The lowest BCUT2D eigenvalue weighted by Crippen LogP contribution is -2.42. The molecule has 3 fully saturated rings. The Hall–Kier alpha value is -2.26. The maximum atomic E-state index is 12.7. The van der Waals surface area contributed by atoms with Crippen molar-refractivity contribution in [3.8, 4) is 17.0 Å². The predicted octanol–water partition coefficient (Wildman–Crippen LogP) is 4.31. The highest BCUT2D eigenvalue weighted by Crippen LogP contribution is 2.64. The highest BCUT2D eigenvalue weighted by atomic mass is 19.3. The first-order chi connectivity index (χ1) is 15.9. The molecule has 1 saturated heterocycles. The molecule has 2 N–H and O–H groups in total. The number of likely N-dealkylation sites (tertiary alicyclic amines) is 1. The smallest absolute Gasteiger partial charge is 0.387 e. The third-order valence-electron chi connectivity index (χ3n) is 7.74. The summed E-state index contributed by atoms with van der Waals surface area (Å²) in [5, 5.41) is 4.81. The van der Waals surface area contributed by atoms with Gasteiger partial charge in [-0.1, -0.05) is 0 Å². The Balaban J connectivity index is 1.31. The van der Waals surface area contributed by atoms with Gasteiger partial charge in [0, 0.05) is 55.7 Å². The number of halogens is 2. The number of nitrogen functional groups attached to an aromatic ring is 1. The molecule has 2 aliphatic carbocycles. The third-order valence-corrected chi connectivity index (χ3v) is 7.74. The van der Waals surface area contributed by atoms with Crippen molar-refractivity contribution in [2.75, 3.05) is 25.9 Å². The fourth-order valence-corrected chi connectivity index (χ4v) is 6.02. The first-order valence-electron chi connectivity index (χ1n) is 11.9. The number of anilines is 1. The van der Waals surface area contributed by atoms with Gasteiger partial charge < -0.3 is 20.1 Å². The molecule has 2 saturated carbocycles. The summed E-state index contributed by atoms with van der Waals surface area (Å²) in [4.78, 5) is 6.70. The fraction of sp³-hybridized carbons (Fsp3) is 0.667. The SMILES string of the molecule is COC1CCN([C@@H]2C[C@@H]3[C@H](C2)[C@H]3c2cc(-c3cnc(N)c(OC(F)F)c3)nn2C(C)C)CC1. The van der Waals surface area contributed by atoms with Crippen LogP contribution in [0.1, 0.15) is 57.2 Å². The predicted molar refractivity (Wildman–Crippen MR) is 121 cm³/mol. The number of piperidine rings is 1. The Morgan fingerprint density at radius 3 is 2.42 bits per heavy atom. The lowest BCUT2D eigenvalue weighted by Gasteiger charge is -2.36. The van der Waals surface area contributed by atoms with E-state index in [-0.39, 0.29) is 17.6 Å². The summed E-state index contributed by atoms with van der Waals surface area (Å²) in [5.41, 5.74) is 8.29. The second-order valence-corrected chi connectivity index (χ2v) is 9.93. The molecule has 0 radical (unpaired) electrons. The highest BCUT2D eigenvalue weighted by Gasteiger charge is 2.58. The van der Waals surface area contributed by atoms with Gasteiger partial charge in [-0.05, 0) is 63.5 Å². The molecule has 3 aliphatic rings. The van der Waals surface area contributed by atoms with Crippen molar-refractivity contribution in [2.24, 2.45) is 11.8 Å². The molecule has 1 aliphatic heterocycles. The van der Waals surface area contributed by atoms with E-state index in [0.717, 1.165) is 25.9 Å². The van der Waals surface area contributed by atoms with Gasteiger partial charge in [0.05, 0.1) is 11.8 Å². The van der Waals surface area contributed by atoms with Crippen molar-refractivity contribution in [3.05, 3.63) is 24.0 Å². The average Bonchev–Trinajstić information content (AvgIpc) is 3.15. The summed E-state index contributed by atoms with van der Waals surface area (Å²) in [5.74, 6) is 1.73. The van der Waals surface area contributed by atoms with Crippen LogP contribution < -0.4 is 10.5 Å². The minimum atomic E-state index is -2.95. The van der Waals surface area contributed by atoms with Gasteiger partial charge in [-0.25, -0.2) is 4.98 Å². The molecule has 180 valence electrons. The van der Waals surface area contributed by atoms with Gasteiger partial charge in [0.1, 0.15) is 0 Å². The quantitative estimate of drug-likeness (QED) is 0.662. The van der Waals surface area contributed by atoms with E-state index in [1.54, 1.807) is 6.20 Å². The van der Waals surface area contributed by atoms with Gasteiger partial charge in [0.15, 0.2) is 11.6 Å². The summed E-state index contributed by atoms with van der Waals surface area (Å²) in [6.45, 7) is 3.55. The minimum absolute atomic E-state index is 0.0557. The average molecular weight is 462 g/mol. The zero-order chi connectivity index (χ0) is 23.3. The largest absolute Gasteiger partial charge is 0.431 e. The molecule has 9 heteroatoms. The molecular weight excluding hydrogens is 428 g/mol. The van der Waals surface area contributed by atoms with E-state index in [1.165, 1.54) is 24.6 Å². The van der Waals surface area contributed by atoms with E-state index in [1.807, 2.05) is 7.11 Å². The Labute approximate surface area is 193 Å². The van der Waals surface area contributed by atoms with E-state index in [4.69, 9.17) is 15.6 Å². The number of pyridine rings is 1. The Morgan fingerprint density at radius 2 is 1.82 bits per heavy atom.